The van der Waals surface area contributed by atoms with Crippen LogP contribution in [0.15, 0.2) is 42.0 Å². The summed E-state index contributed by atoms with van der Waals surface area (Å²) in [6, 6.07) is 6.35. The molecule has 3 unspecified atom stereocenters. The zero-order chi connectivity index (χ0) is 20.3. The molecule has 0 N–H and O–H groups in total. The Morgan fingerprint density at radius 3 is 3.00 bits per heavy atom. The summed E-state index contributed by atoms with van der Waals surface area (Å²) in [5.74, 6) is 1.30. The van der Waals surface area contributed by atoms with Crippen LogP contribution < -0.4 is 4.74 Å². The van der Waals surface area contributed by atoms with E-state index in [2.05, 4.69) is 36.4 Å². The van der Waals surface area contributed by atoms with Crippen molar-refractivity contribution in [2.45, 2.75) is 50.2 Å². The van der Waals surface area contributed by atoms with Gasteiger partial charge in [0.1, 0.15) is 24.2 Å². The van der Waals surface area contributed by atoms with Gasteiger partial charge in [-0.25, -0.2) is 4.79 Å². The second-order valence-corrected chi connectivity index (χ2v) is 9.98. The molecule has 4 bridgehead atoms. The minimum atomic E-state index is -0.265. The molecule has 2 heterocycles. The Kier molecular flexibility index (Phi) is 3.07. The first-order valence-corrected chi connectivity index (χ1v) is 11.2. The Bertz CT molecular complexity index is 1070. The van der Waals surface area contributed by atoms with Crippen LogP contribution in [0.3, 0.4) is 0 Å². The highest BCUT2D eigenvalue weighted by Crippen LogP contribution is 2.72. The van der Waals surface area contributed by atoms with Crippen molar-refractivity contribution in [3.63, 3.8) is 0 Å². The van der Waals surface area contributed by atoms with Gasteiger partial charge < -0.3 is 14.4 Å². The van der Waals surface area contributed by atoms with Gasteiger partial charge in [-0.3, -0.25) is 4.79 Å². The number of ketones is 1. The van der Waals surface area contributed by atoms with E-state index >= 15 is 0 Å². The maximum atomic E-state index is 13.1. The average molecular weight is 403 g/mol. The van der Waals surface area contributed by atoms with Crippen LogP contribution in [0.2, 0.25) is 0 Å². The number of amides is 1. The summed E-state index contributed by atoms with van der Waals surface area (Å²) in [6.45, 7) is 2.80. The second-order valence-electron chi connectivity index (χ2n) is 9.98. The zero-order valence-electron chi connectivity index (χ0n) is 17.1. The van der Waals surface area contributed by atoms with Crippen molar-refractivity contribution < 1.29 is 19.1 Å². The van der Waals surface area contributed by atoms with Crippen LogP contribution in [0.25, 0.3) is 0 Å². The standard InChI is InChI=1S/C25H25NO4/c1-14(27)18-12-24-8-7-17(18)22-25(24)9-10-26(23(28)29-13-15-5-6-15)20(24)11-16-3-2-4-19(30-22)21(16)25/h2-5,7-8,17-18,20,22H,6,9-13H2,1H3/t17?,18?,20-,22+,24?,25+/m1/s1. The smallest absolute Gasteiger partial charge is 0.410 e. The molecule has 30 heavy (non-hydrogen) atoms. The molecule has 0 radical (unpaired) electrons. The van der Waals surface area contributed by atoms with E-state index in [0.717, 1.165) is 31.4 Å². The van der Waals surface area contributed by atoms with Crippen molar-refractivity contribution in [3.8, 4) is 5.75 Å². The molecule has 2 aliphatic heterocycles. The fraction of sp³-hybridized carbons (Fsp3) is 0.520. The molecule has 2 fully saturated rings. The van der Waals surface area contributed by atoms with Crippen molar-refractivity contribution in [2.24, 2.45) is 17.3 Å². The van der Waals surface area contributed by atoms with E-state index in [1.165, 1.54) is 16.7 Å². The first-order chi connectivity index (χ1) is 14.5. The highest BCUT2D eigenvalue weighted by Gasteiger charge is 2.75. The minimum Gasteiger partial charge on any atom is -0.488 e. The van der Waals surface area contributed by atoms with Crippen LogP contribution in [0.5, 0.6) is 5.75 Å². The average Bonchev–Trinajstić information content (AvgIpc) is 3.50. The number of carbonyl (C=O) groups is 2. The fourth-order valence-corrected chi connectivity index (χ4v) is 7.60. The van der Waals surface area contributed by atoms with Crippen molar-refractivity contribution in [1.29, 1.82) is 0 Å². The van der Waals surface area contributed by atoms with E-state index in [0.29, 0.717) is 13.2 Å². The molecule has 5 nitrogen and oxygen atoms in total. The Morgan fingerprint density at radius 1 is 1.33 bits per heavy atom. The molecule has 7 aliphatic rings. The van der Waals surface area contributed by atoms with E-state index in [9.17, 15) is 9.59 Å². The van der Waals surface area contributed by atoms with Gasteiger partial charge in [0.05, 0.1) is 0 Å². The minimum absolute atomic E-state index is 0.00164. The molecule has 6 atom stereocenters. The van der Waals surface area contributed by atoms with Crippen LogP contribution >= 0.6 is 0 Å². The summed E-state index contributed by atoms with van der Waals surface area (Å²) in [5, 5.41) is 0. The largest absolute Gasteiger partial charge is 0.488 e. The molecule has 0 aromatic heterocycles. The van der Waals surface area contributed by atoms with Gasteiger partial charge in [0.2, 0.25) is 0 Å². The van der Waals surface area contributed by atoms with Gasteiger partial charge in [0.15, 0.2) is 0 Å². The third-order valence-corrected chi connectivity index (χ3v) is 8.88. The highest BCUT2D eigenvalue weighted by molar-refractivity contribution is 5.81. The monoisotopic (exact) mass is 403 g/mol. The predicted octanol–water partition coefficient (Wildman–Crippen LogP) is 3.56. The number of hydrogen-bond donors (Lipinski definition) is 0. The summed E-state index contributed by atoms with van der Waals surface area (Å²) in [4.78, 5) is 27.8. The van der Waals surface area contributed by atoms with E-state index in [1.54, 1.807) is 6.92 Å². The van der Waals surface area contributed by atoms with E-state index in [1.807, 2.05) is 4.90 Å². The molecule has 5 heteroatoms. The number of carbonyl (C=O) groups excluding carboxylic acids is 2. The summed E-state index contributed by atoms with van der Waals surface area (Å²) >= 11 is 0. The van der Waals surface area contributed by atoms with E-state index in [4.69, 9.17) is 9.47 Å². The maximum Gasteiger partial charge on any atom is 0.410 e. The zero-order valence-corrected chi connectivity index (χ0v) is 17.1. The van der Waals surface area contributed by atoms with Crippen LogP contribution in [0.1, 0.15) is 37.3 Å². The lowest BCUT2D eigenvalue weighted by atomic mass is 9.38. The van der Waals surface area contributed by atoms with Crippen LogP contribution in [-0.2, 0) is 21.4 Å². The predicted molar refractivity (Wildman–Crippen MR) is 109 cm³/mol. The van der Waals surface area contributed by atoms with Gasteiger partial charge in [0, 0.05) is 40.8 Å². The lowest BCUT2D eigenvalue weighted by molar-refractivity contribution is -0.149. The molecule has 1 aromatic carbocycles. The number of benzene rings is 1. The van der Waals surface area contributed by atoms with E-state index in [-0.39, 0.29) is 46.7 Å². The van der Waals surface area contributed by atoms with Crippen molar-refractivity contribution in [3.05, 3.63) is 53.1 Å². The molecule has 5 aliphatic carbocycles. The topological polar surface area (TPSA) is 55.8 Å². The number of rotatable bonds is 3. The number of allylic oxidation sites excluding steroid dienone is 1. The van der Waals surface area contributed by atoms with Crippen molar-refractivity contribution >= 4 is 11.9 Å². The number of nitrogens with zero attached hydrogens (tertiary/aromatic N) is 1. The van der Waals surface area contributed by atoms with Crippen molar-refractivity contribution in [2.75, 3.05) is 13.2 Å². The Hall–Kier alpha value is -2.56. The van der Waals surface area contributed by atoms with Gasteiger partial charge in [-0.2, -0.15) is 0 Å². The number of piperidine rings is 1. The summed E-state index contributed by atoms with van der Waals surface area (Å²) in [6.07, 6.45) is 9.87. The number of fused-ring (bicyclic) bond motifs is 1. The van der Waals surface area contributed by atoms with Gasteiger partial charge >= 0.3 is 6.09 Å². The maximum absolute atomic E-state index is 13.1. The van der Waals surface area contributed by atoms with Crippen LogP contribution in [0.4, 0.5) is 4.79 Å². The fourth-order valence-electron chi connectivity index (χ4n) is 7.60. The van der Waals surface area contributed by atoms with Gasteiger partial charge in [-0.05, 0) is 49.8 Å². The van der Waals surface area contributed by atoms with E-state index < -0.39 is 0 Å². The van der Waals surface area contributed by atoms with Crippen LogP contribution in [0, 0.1) is 17.3 Å². The second kappa shape index (κ2) is 5.37. The molecule has 1 saturated heterocycles. The Morgan fingerprint density at radius 2 is 2.20 bits per heavy atom. The van der Waals surface area contributed by atoms with Gasteiger partial charge in [-0.1, -0.05) is 30.4 Å². The molecule has 1 saturated carbocycles. The number of likely N-dealkylation sites (tertiary alicyclic amines) is 1. The van der Waals surface area contributed by atoms with Gasteiger partial charge in [0.25, 0.3) is 0 Å². The summed E-state index contributed by atoms with van der Waals surface area (Å²) < 4.78 is 12.3. The molecule has 2 spiro atoms. The lowest BCUT2D eigenvalue weighted by Gasteiger charge is -2.68. The normalized spacial score (nSPS) is 40.4. The highest BCUT2D eigenvalue weighted by atomic mass is 16.6. The number of ether oxygens (including phenoxy) is 2. The Balaban J connectivity index is 1.39. The molecule has 1 amide bonds. The SMILES string of the molecule is CC(=O)C1CC23C=CC1[C@@H]1Oc4cccc5c4[C@@]12CCN(C(=O)OCC1=CC1)[C@@H]3C5. The molecule has 154 valence electrons. The molecule has 1 aromatic rings. The summed E-state index contributed by atoms with van der Waals surface area (Å²) in [5.41, 5.74) is 3.46. The Labute approximate surface area is 175 Å². The van der Waals surface area contributed by atoms with Crippen molar-refractivity contribution in [1.82, 2.24) is 4.90 Å². The number of hydrogen-bond acceptors (Lipinski definition) is 4. The first kappa shape index (κ1) is 17.2. The third-order valence-electron chi connectivity index (χ3n) is 8.88. The van der Waals surface area contributed by atoms with Gasteiger partial charge in [-0.15, -0.1) is 0 Å². The third kappa shape index (κ3) is 1.82. The molecular weight excluding hydrogens is 378 g/mol. The number of Topliss-reactive ketones (excluding diaryl/α,β-unsaturated/α-hetero) is 1. The van der Waals surface area contributed by atoms with Crippen LogP contribution in [-0.4, -0.2) is 42.1 Å². The summed E-state index contributed by atoms with van der Waals surface area (Å²) in [7, 11) is 0. The first-order valence-electron chi connectivity index (χ1n) is 11.2. The quantitative estimate of drug-likeness (QED) is 0.724. The lowest BCUT2D eigenvalue weighted by Crippen LogP contribution is -2.75. The molecular formula is C25H25NO4. The molecule has 8 rings (SSSR count).